The minimum atomic E-state index is -0.581. The van der Waals surface area contributed by atoms with Gasteiger partial charge in [0.1, 0.15) is 6.10 Å². The molecule has 120 valence electrons. The topological polar surface area (TPSA) is 49.7 Å². The normalized spacial score (nSPS) is 24.3. The average Bonchev–Trinajstić information content (AvgIpc) is 3.32. The fourth-order valence-electron chi connectivity index (χ4n) is 2.76. The van der Waals surface area contributed by atoms with Crippen LogP contribution in [0.2, 0.25) is 0 Å². The molecule has 0 saturated carbocycles. The maximum Gasteiger partial charge on any atom is 0.107 e. The fraction of sp³-hybridized carbons (Fsp3) is 0.294. The van der Waals surface area contributed by atoms with Crippen LogP contribution in [0.15, 0.2) is 41.8 Å². The second kappa shape index (κ2) is 6.47. The predicted octanol–water partition coefficient (Wildman–Crippen LogP) is 4.39. The van der Waals surface area contributed by atoms with Crippen molar-refractivity contribution < 1.29 is 14.9 Å². The summed E-state index contributed by atoms with van der Waals surface area (Å²) < 4.78 is 5.74. The van der Waals surface area contributed by atoms with Crippen molar-refractivity contribution in [3.05, 3.63) is 46.7 Å². The van der Waals surface area contributed by atoms with Gasteiger partial charge in [-0.25, -0.2) is 0 Å². The molecular formula is C17H16O3S3. The van der Waals surface area contributed by atoms with Crippen molar-refractivity contribution in [2.24, 2.45) is 0 Å². The van der Waals surface area contributed by atoms with E-state index in [1.165, 1.54) is 19.5 Å². The Hall–Kier alpha value is -1.02. The minimum absolute atomic E-state index is 0.113. The first-order valence-corrected chi connectivity index (χ1v) is 9.94. The summed E-state index contributed by atoms with van der Waals surface area (Å²) in [6.07, 6.45) is -0.603. The Morgan fingerprint density at radius 3 is 2.43 bits per heavy atom. The Kier molecular flexibility index (Phi) is 4.36. The van der Waals surface area contributed by atoms with E-state index >= 15 is 0 Å². The van der Waals surface area contributed by atoms with Crippen LogP contribution in [0.1, 0.15) is 17.4 Å². The smallest absolute Gasteiger partial charge is 0.107 e. The monoisotopic (exact) mass is 364 g/mol. The molecule has 3 atom stereocenters. The lowest BCUT2D eigenvalue weighted by molar-refractivity contribution is -0.0216. The molecule has 2 N–H and O–H groups in total. The summed E-state index contributed by atoms with van der Waals surface area (Å²) in [5.41, 5.74) is 0. The largest absolute Gasteiger partial charge is 0.394 e. The third-order valence-corrected chi connectivity index (χ3v) is 7.48. The van der Waals surface area contributed by atoms with Gasteiger partial charge in [0.15, 0.2) is 0 Å². The summed E-state index contributed by atoms with van der Waals surface area (Å²) in [6.45, 7) is -0.134. The lowest BCUT2D eigenvalue weighted by atomic mass is 10.1. The van der Waals surface area contributed by atoms with E-state index in [1.54, 1.807) is 34.0 Å². The van der Waals surface area contributed by atoms with Crippen molar-refractivity contribution >= 4 is 34.0 Å². The number of aliphatic hydroxyl groups is 2. The lowest BCUT2D eigenvalue weighted by Gasteiger charge is -2.10. The van der Waals surface area contributed by atoms with Gasteiger partial charge in [0.2, 0.25) is 0 Å². The zero-order chi connectivity index (χ0) is 15.8. The van der Waals surface area contributed by atoms with E-state index in [0.29, 0.717) is 6.42 Å². The van der Waals surface area contributed by atoms with Gasteiger partial charge in [0.25, 0.3) is 0 Å². The van der Waals surface area contributed by atoms with Crippen LogP contribution in [0.5, 0.6) is 0 Å². The van der Waals surface area contributed by atoms with Crippen LogP contribution in [-0.4, -0.2) is 29.0 Å². The summed E-state index contributed by atoms with van der Waals surface area (Å²) in [5, 5.41) is 21.2. The van der Waals surface area contributed by atoms with Crippen LogP contribution in [-0.2, 0) is 4.74 Å². The van der Waals surface area contributed by atoms with Gasteiger partial charge in [-0.1, -0.05) is 6.07 Å². The quantitative estimate of drug-likeness (QED) is 0.722. The highest BCUT2D eigenvalue weighted by atomic mass is 32.1. The Morgan fingerprint density at radius 1 is 1.00 bits per heavy atom. The Labute approximate surface area is 146 Å². The van der Waals surface area contributed by atoms with Gasteiger partial charge in [-0.2, -0.15) is 0 Å². The molecule has 0 aromatic carbocycles. The summed E-state index contributed by atoms with van der Waals surface area (Å²) >= 11 is 5.26. The lowest BCUT2D eigenvalue weighted by Crippen LogP contribution is -2.24. The van der Waals surface area contributed by atoms with Gasteiger partial charge in [0.05, 0.1) is 18.8 Å². The maximum absolute atomic E-state index is 9.88. The Bertz CT molecular complexity index is 775. The highest BCUT2D eigenvalue weighted by Crippen LogP contribution is 2.42. The summed E-state index contributed by atoms with van der Waals surface area (Å²) in [4.78, 5) is 6.17. The molecule has 23 heavy (non-hydrogen) atoms. The van der Waals surface area contributed by atoms with Crippen molar-refractivity contribution in [1.29, 1.82) is 0 Å². The zero-order valence-corrected chi connectivity index (χ0v) is 14.7. The second-order valence-electron chi connectivity index (χ2n) is 5.49. The van der Waals surface area contributed by atoms with Crippen molar-refractivity contribution in [3.63, 3.8) is 0 Å². The van der Waals surface area contributed by atoms with Crippen LogP contribution in [0.25, 0.3) is 19.5 Å². The summed E-state index contributed by atoms with van der Waals surface area (Å²) in [5.74, 6) is 0. The molecule has 1 aliphatic heterocycles. The van der Waals surface area contributed by atoms with Crippen LogP contribution >= 0.6 is 34.0 Å². The van der Waals surface area contributed by atoms with Crippen LogP contribution in [0.4, 0.5) is 0 Å². The highest BCUT2D eigenvalue weighted by Gasteiger charge is 2.35. The highest BCUT2D eigenvalue weighted by molar-refractivity contribution is 7.26. The number of rotatable bonds is 4. The molecule has 0 spiro atoms. The molecule has 4 heterocycles. The van der Waals surface area contributed by atoms with Crippen molar-refractivity contribution in [2.45, 2.75) is 24.7 Å². The molecule has 6 heteroatoms. The van der Waals surface area contributed by atoms with E-state index in [0.717, 1.165) is 4.88 Å². The van der Waals surface area contributed by atoms with Gasteiger partial charge in [-0.05, 0) is 35.7 Å². The molecule has 0 radical (unpaired) electrons. The molecule has 1 aliphatic rings. The van der Waals surface area contributed by atoms with Gasteiger partial charge < -0.3 is 14.9 Å². The molecule has 0 amide bonds. The predicted molar refractivity (Wildman–Crippen MR) is 96.3 cm³/mol. The van der Waals surface area contributed by atoms with Gasteiger partial charge in [-0.15, -0.1) is 34.0 Å². The average molecular weight is 365 g/mol. The Balaban J connectivity index is 1.55. The van der Waals surface area contributed by atoms with Crippen molar-refractivity contribution in [2.75, 3.05) is 6.61 Å². The zero-order valence-electron chi connectivity index (χ0n) is 12.2. The molecule has 3 aromatic rings. The molecular weight excluding hydrogens is 348 g/mol. The Morgan fingerprint density at radius 2 is 1.74 bits per heavy atom. The standard InChI is InChI=1S/C17H16O3S3/c18-9-12-10(19)8-11(20-12)13-3-4-16(22-13)17-6-5-15(23-17)14-2-1-7-21-14/h1-7,10-12,18-19H,8-9H2/t10?,11?,12-/m1/s1. The van der Waals surface area contributed by atoms with E-state index in [2.05, 4.69) is 41.8 Å². The molecule has 0 bridgehead atoms. The van der Waals surface area contributed by atoms with Crippen LogP contribution in [0, 0.1) is 0 Å². The molecule has 1 fully saturated rings. The first-order valence-electron chi connectivity index (χ1n) is 7.43. The van der Waals surface area contributed by atoms with E-state index in [1.807, 2.05) is 0 Å². The third kappa shape index (κ3) is 3.03. The van der Waals surface area contributed by atoms with E-state index in [-0.39, 0.29) is 12.7 Å². The molecule has 4 rings (SSSR count). The molecule has 2 unspecified atom stereocenters. The molecule has 1 saturated heterocycles. The summed E-state index contributed by atoms with van der Waals surface area (Å²) in [7, 11) is 0. The first-order chi connectivity index (χ1) is 11.2. The molecule has 3 aromatic heterocycles. The first kappa shape index (κ1) is 15.5. The number of ether oxygens (including phenoxy) is 1. The van der Waals surface area contributed by atoms with E-state index in [4.69, 9.17) is 4.74 Å². The number of aliphatic hydroxyl groups excluding tert-OH is 2. The summed E-state index contributed by atoms with van der Waals surface area (Å²) in [6, 6.07) is 12.7. The van der Waals surface area contributed by atoms with Gasteiger partial charge >= 0.3 is 0 Å². The fourth-order valence-corrected chi connectivity index (χ4v) is 5.74. The van der Waals surface area contributed by atoms with Gasteiger partial charge in [0, 0.05) is 30.8 Å². The third-order valence-electron chi connectivity index (χ3n) is 3.96. The van der Waals surface area contributed by atoms with Crippen molar-refractivity contribution in [3.8, 4) is 19.5 Å². The minimum Gasteiger partial charge on any atom is -0.394 e. The number of hydrogen-bond donors (Lipinski definition) is 2. The van der Waals surface area contributed by atoms with Crippen LogP contribution < -0.4 is 0 Å². The second-order valence-corrected chi connectivity index (χ2v) is 8.64. The van der Waals surface area contributed by atoms with E-state index in [9.17, 15) is 10.2 Å². The number of hydrogen-bond acceptors (Lipinski definition) is 6. The molecule has 0 aliphatic carbocycles. The van der Waals surface area contributed by atoms with Crippen molar-refractivity contribution in [1.82, 2.24) is 0 Å². The van der Waals surface area contributed by atoms with Gasteiger partial charge in [-0.3, -0.25) is 0 Å². The number of thiophene rings is 3. The van der Waals surface area contributed by atoms with E-state index < -0.39 is 12.2 Å². The SMILES string of the molecule is OC[C@H]1OC(c2ccc(-c3ccc(-c4cccs4)s3)s2)CC1O. The maximum atomic E-state index is 9.88. The van der Waals surface area contributed by atoms with Crippen LogP contribution in [0.3, 0.4) is 0 Å². The molecule has 3 nitrogen and oxygen atoms in total.